The molecule has 0 fully saturated rings. The van der Waals surface area contributed by atoms with Crippen molar-refractivity contribution < 1.29 is 9.53 Å². The van der Waals surface area contributed by atoms with Gasteiger partial charge in [-0.2, -0.15) is 0 Å². The highest BCUT2D eigenvalue weighted by atomic mass is 35.5. The lowest BCUT2D eigenvalue weighted by Gasteiger charge is -2.04. The SMILES string of the molecule is CCOCC(=O)Nc1ccc(Cl)cc1. The summed E-state index contributed by atoms with van der Waals surface area (Å²) in [7, 11) is 0. The Bertz CT molecular complexity index is 297. The minimum atomic E-state index is -0.158. The van der Waals surface area contributed by atoms with Crippen LogP contribution in [0.15, 0.2) is 24.3 Å². The van der Waals surface area contributed by atoms with Gasteiger partial charge < -0.3 is 10.1 Å². The van der Waals surface area contributed by atoms with Crippen molar-refractivity contribution in [3.05, 3.63) is 29.3 Å². The summed E-state index contributed by atoms with van der Waals surface area (Å²) in [6, 6.07) is 6.92. The van der Waals surface area contributed by atoms with E-state index in [0.717, 1.165) is 5.69 Å². The Labute approximate surface area is 88.0 Å². The van der Waals surface area contributed by atoms with Crippen LogP contribution in [0.2, 0.25) is 5.02 Å². The average Bonchev–Trinajstić information content (AvgIpc) is 2.18. The first-order valence-electron chi connectivity index (χ1n) is 4.35. The normalized spacial score (nSPS) is 9.86. The van der Waals surface area contributed by atoms with Crippen LogP contribution in [0.4, 0.5) is 5.69 Å². The first kappa shape index (κ1) is 11.0. The number of carbonyl (C=O) groups is 1. The largest absolute Gasteiger partial charge is 0.372 e. The molecule has 0 unspecified atom stereocenters. The Morgan fingerprint density at radius 2 is 2.07 bits per heavy atom. The Hall–Kier alpha value is -1.06. The third kappa shape index (κ3) is 3.77. The Kier molecular flexibility index (Phi) is 4.43. The zero-order valence-electron chi connectivity index (χ0n) is 7.92. The summed E-state index contributed by atoms with van der Waals surface area (Å²) in [5.41, 5.74) is 0.721. The van der Waals surface area contributed by atoms with Gasteiger partial charge in [-0.15, -0.1) is 0 Å². The van der Waals surface area contributed by atoms with Crippen LogP contribution in [-0.2, 0) is 9.53 Å². The lowest BCUT2D eigenvalue weighted by molar-refractivity contribution is -0.120. The second kappa shape index (κ2) is 5.62. The van der Waals surface area contributed by atoms with Gasteiger partial charge in [0.1, 0.15) is 6.61 Å². The van der Waals surface area contributed by atoms with E-state index in [1.807, 2.05) is 6.92 Å². The molecule has 1 amide bonds. The summed E-state index contributed by atoms with van der Waals surface area (Å²) >= 11 is 5.69. The third-order valence-electron chi connectivity index (χ3n) is 1.57. The van der Waals surface area contributed by atoms with E-state index >= 15 is 0 Å². The van der Waals surface area contributed by atoms with Crippen molar-refractivity contribution in [1.82, 2.24) is 0 Å². The zero-order valence-corrected chi connectivity index (χ0v) is 8.67. The van der Waals surface area contributed by atoms with Crippen molar-refractivity contribution in [1.29, 1.82) is 0 Å². The standard InChI is InChI=1S/C10H12ClNO2/c1-2-14-7-10(13)12-9-5-3-8(11)4-6-9/h3-6H,2,7H2,1H3,(H,12,13). The number of benzene rings is 1. The number of halogens is 1. The minimum Gasteiger partial charge on any atom is -0.372 e. The molecule has 0 aromatic heterocycles. The molecule has 0 aliphatic rings. The molecule has 0 aliphatic carbocycles. The second-order valence-electron chi connectivity index (χ2n) is 2.69. The number of ether oxygens (including phenoxy) is 1. The topological polar surface area (TPSA) is 38.3 Å². The molecule has 3 nitrogen and oxygen atoms in total. The van der Waals surface area contributed by atoms with Crippen molar-refractivity contribution >= 4 is 23.2 Å². The third-order valence-corrected chi connectivity index (χ3v) is 1.82. The summed E-state index contributed by atoms with van der Waals surface area (Å²) in [6.07, 6.45) is 0. The number of hydrogen-bond acceptors (Lipinski definition) is 2. The molecule has 0 radical (unpaired) electrons. The van der Waals surface area contributed by atoms with Crippen LogP contribution in [0.1, 0.15) is 6.92 Å². The van der Waals surface area contributed by atoms with Crippen molar-refractivity contribution in [2.45, 2.75) is 6.92 Å². The van der Waals surface area contributed by atoms with Gasteiger partial charge in [0.15, 0.2) is 0 Å². The van der Waals surface area contributed by atoms with Crippen LogP contribution in [0, 0.1) is 0 Å². The molecule has 4 heteroatoms. The maximum atomic E-state index is 11.2. The smallest absolute Gasteiger partial charge is 0.250 e. The molecule has 14 heavy (non-hydrogen) atoms. The van der Waals surface area contributed by atoms with Gasteiger partial charge in [-0.1, -0.05) is 11.6 Å². The number of rotatable bonds is 4. The molecular weight excluding hydrogens is 202 g/mol. The van der Waals surface area contributed by atoms with Crippen molar-refractivity contribution in [2.24, 2.45) is 0 Å². The van der Waals surface area contributed by atoms with Gasteiger partial charge in [0.05, 0.1) is 0 Å². The van der Waals surface area contributed by atoms with E-state index in [1.165, 1.54) is 0 Å². The highest BCUT2D eigenvalue weighted by Crippen LogP contribution is 2.12. The van der Waals surface area contributed by atoms with E-state index in [9.17, 15) is 4.79 Å². The number of hydrogen-bond donors (Lipinski definition) is 1. The molecule has 0 heterocycles. The fourth-order valence-corrected chi connectivity index (χ4v) is 1.05. The number of carbonyl (C=O) groups excluding carboxylic acids is 1. The monoisotopic (exact) mass is 213 g/mol. The van der Waals surface area contributed by atoms with Gasteiger partial charge in [0.2, 0.25) is 5.91 Å². The quantitative estimate of drug-likeness (QED) is 0.834. The first-order valence-corrected chi connectivity index (χ1v) is 4.73. The molecule has 0 aliphatic heterocycles. The van der Waals surface area contributed by atoms with Crippen LogP contribution in [0.5, 0.6) is 0 Å². The van der Waals surface area contributed by atoms with Crippen LogP contribution in [0.25, 0.3) is 0 Å². The van der Waals surface area contributed by atoms with E-state index in [-0.39, 0.29) is 12.5 Å². The molecule has 0 bridgehead atoms. The molecule has 76 valence electrons. The van der Waals surface area contributed by atoms with Crippen molar-refractivity contribution in [2.75, 3.05) is 18.5 Å². The van der Waals surface area contributed by atoms with E-state index < -0.39 is 0 Å². The predicted octanol–water partition coefficient (Wildman–Crippen LogP) is 2.32. The Morgan fingerprint density at radius 1 is 1.43 bits per heavy atom. The average molecular weight is 214 g/mol. The van der Waals surface area contributed by atoms with E-state index in [2.05, 4.69) is 5.32 Å². The molecule has 0 spiro atoms. The first-order chi connectivity index (χ1) is 6.72. The molecule has 1 aromatic carbocycles. The number of nitrogens with one attached hydrogen (secondary N) is 1. The van der Waals surface area contributed by atoms with Gasteiger partial charge in [-0.3, -0.25) is 4.79 Å². The van der Waals surface area contributed by atoms with Crippen LogP contribution in [0.3, 0.4) is 0 Å². The van der Waals surface area contributed by atoms with E-state index in [1.54, 1.807) is 24.3 Å². The van der Waals surface area contributed by atoms with Gasteiger partial charge in [0.25, 0.3) is 0 Å². The predicted molar refractivity (Wildman–Crippen MR) is 56.6 cm³/mol. The fourth-order valence-electron chi connectivity index (χ4n) is 0.925. The summed E-state index contributed by atoms with van der Waals surface area (Å²) in [6.45, 7) is 2.46. The van der Waals surface area contributed by atoms with Crippen molar-refractivity contribution in [3.8, 4) is 0 Å². The number of anilines is 1. The lowest BCUT2D eigenvalue weighted by atomic mass is 10.3. The summed E-state index contributed by atoms with van der Waals surface area (Å²) in [5, 5.41) is 3.33. The molecule has 0 atom stereocenters. The molecule has 1 aromatic rings. The molecule has 1 N–H and O–H groups in total. The van der Waals surface area contributed by atoms with Crippen LogP contribution in [-0.4, -0.2) is 19.1 Å². The zero-order chi connectivity index (χ0) is 10.4. The summed E-state index contributed by atoms with van der Waals surface area (Å²) < 4.78 is 4.95. The highest BCUT2D eigenvalue weighted by Gasteiger charge is 2.00. The molecular formula is C10H12ClNO2. The van der Waals surface area contributed by atoms with E-state index in [4.69, 9.17) is 16.3 Å². The maximum absolute atomic E-state index is 11.2. The van der Waals surface area contributed by atoms with Crippen LogP contribution < -0.4 is 5.32 Å². The summed E-state index contributed by atoms with van der Waals surface area (Å²) in [4.78, 5) is 11.2. The van der Waals surface area contributed by atoms with E-state index in [0.29, 0.717) is 11.6 Å². The fraction of sp³-hybridized carbons (Fsp3) is 0.300. The highest BCUT2D eigenvalue weighted by molar-refractivity contribution is 6.30. The van der Waals surface area contributed by atoms with Gasteiger partial charge in [0, 0.05) is 17.3 Å². The lowest BCUT2D eigenvalue weighted by Crippen LogP contribution is -2.17. The Balaban J connectivity index is 2.44. The summed E-state index contributed by atoms with van der Waals surface area (Å²) in [5.74, 6) is -0.158. The van der Waals surface area contributed by atoms with Crippen molar-refractivity contribution in [3.63, 3.8) is 0 Å². The molecule has 1 rings (SSSR count). The minimum absolute atomic E-state index is 0.0825. The second-order valence-corrected chi connectivity index (χ2v) is 3.13. The molecule has 0 saturated heterocycles. The van der Waals surface area contributed by atoms with Gasteiger partial charge in [-0.05, 0) is 31.2 Å². The molecule has 0 saturated carbocycles. The van der Waals surface area contributed by atoms with Crippen LogP contribution >= 0.6 is 11.6 Å². The maximum Gasteiger partial charge on any atom is 0.250 e. The Morgan fingerprint density at radius 3 is 2.64 bits per heavy atom. The van der Waals surface area contributed by atoms with Gasteiger partial charge >= 0.3 is 0 Å². The van der Waals surface area contributed by atoms with Gasteiger partial charge in [-0.25, -0.2) is 0 Å². The number of amides is 1.